The van der Waals surface area contributed by atoms with Gasteiger partial charge in [-0.05, 0) is 0 Å². The highest BCUT2D eigenvalue weighted by Crippen LogP contribution is 2.23. The first-order valence-corrected chi connectivity index (χ1v) is 9.20. The van der Waals surface area contributed by atoms with Crippen LogP contribution in [0.4, 0.5) is 5.69 Å². The Balaban J connectivity index is 1.51. The molecule has 0 bridgehead atoms. The maximum absolute atomic E-state index is 12.4. The van der Waals surface area contributed by atoms with Gasteiger partial charge in [0.1, 0.15) is 5.01 Å². The molecule has 4 rings (SSSR count). The van der Waals surface area contributed by atoms with Gasteiger partial charge in [0.2, 0.25) is 0 Å². The molecular formula is C18H19N5OS. The van der Waals surface area contributed by atoms with Crippen LogP contribution in [0.25, 0.3) is 10.6 Å². The minimum absolute atomic E-state index is 0.0923. The highest BCUT2D eigenvalue weighted by Gasteiger charge is 2.13. The molecule has 7 heteroatoms. The van der Waals surface area contributed by atoms with E-state index in [2.05, 4.69) is 20.3 Å². The van der Waals surface area contributed by atoms with Crippen LogP contribution in [0.1, 0.15) is 5.69 Å². The lowest BCUT2D eigenvalue weighted by molar-refractivity contribution is 0.581. The van der Waals surface area contributed by atoms with Crippen LogP contribution in [0.2, 0.25) is 0 Å². The molecule has 0 radical (unpaired) electrons. The predicted molar refractivity (Wildman–Crippen MR) is 100 cm³/mol. The molecule has 1 N–H and O–H groups in total. The van der Waals surface area contributed by atoms with Gasteiger partial charge in [-0.25, -0.2) is 9.67 Å². The third-order valence-electron chi connectivity index (χ3n) is 4.22. The summed E-state index contributed by atoms with van der Waals surface area (Å²) in [5.74, 6) is 0. The van der Waals surface area contributed by atoms with E-state index in [0.717, 1.165) is 48.1 Å². The van der Waals surface area contributed by atoms with Crippen molar-refractivity contribution >= 4 is 17.0 Å². The maximum Gasteiger partial charge on any atom is 0.269 e. The van der Waals surface area contributed by atoms with Gasteiger partial charge in [0, 0.05) is 43.2 Å². The van der Waals surface area contributed by atoms with Crippen LogP contribution in [0.15, 0.2) is 52.8 Å². The van der Waals surface area contributed by atoms with E-state index in [1.807, 2.05) is 35.7 Å². The molecule has 0 saturated carbocycles. The van der Waals surface area contributed by atoms with Gasteiger partial charge in [0.05, 0.1) is 24.1 Å². The van der Waals surface area contributed by atoms with Gasteiger partial charge in [-0.2, -0.15) is 5.10 Å². The van der Waals surface area contributed by atoms with Crippen molar-refractivity contribution in [2.75, 3.05) is 31.1 Å². The van der Waals surface area contributed by atoms with Crippen LogP contribution < -0.4 is 15.8 Å². The van der Waals surface area contributed by atoms with E-state index < -0.39 is 0 Å². The smallest absolute Gasteiger partial charge is 0.269 e. The van der Waals surface area contributed by atoms with E-state index in [4.69, 9.17) is 0 Å². The Labute approximate surface area is 149 Å². The number of hydrogen-bond acceptors (Lipinski definition) is 6. The Hall–Kier alpha value is -2.51. The molecule has 1 fully saturated rings. The summed E-state index contributed by atoms with van der Waals surface area (Å²) in [6.45, 7) is 4.06. The molecule has 2 aromatic heterocycles. The van der Waals surface area contributed by atoms with Crippen LogP contribution >= 0.6 is 11.3 Å². The molecule has 128 valence electrons. The summed E-state index contributed by atoms with van der Waals surface area (Å²) in [4.78, 5) is 19.2. The zero-order chi connectivity index (χ0) is 17.1. The molecule has 0 atom stereocenters. The SMILES string of the molecule is O=c1cc(N2CCNCC2)cnn1Cc1csc(-c2ccccc2)n1. The number of hydrogen-bond donors (Lipinski definition) is 1. The second-order valence-corrected chi connectivity index (χ2v) is 6.81. The van der Waals surface area contributed by atoms with E-state index in [0.29, 0.717) is 6.54 Å². The molecule has 1 aromatic carbocycles. The van der Waals surface area contributed by atoms with Gasteiger partial charge in [0.15, 0.2) is 0 Å². The van der Waals surface area contributed by atoms with E-state index in [-0.39, 0.29) is 5.56 Å². The molecule has 1 aliphatic heterocycles. The molecule has 6 nitrogen and oxygen atoms in total. The van der Waals surface area contributed by atoms with Crippen LogP contribution in [0.5, 0.6) is 0 Å². The fraction of sp³-hybridized carbons (Fsp3) is 0.278. The number of piperazine rings is 1. The summed E-state index contributed by atoms with van der Waals surface area (Å²) < 4.78 is 1.47. The Morgan fingerprint density at radius 1 is 1.16 bits per heavy atom. The number of benzene rings is 1. The van der Waals surface area contributed by atoms with Crippen LogP contribution in [-0.4, -0.2) is 40.9 Å². The van der Waals surface area contributed by atoms with Crippen molar-refractivity contribution in [3.05, 3.63) is 64.0 Å². The number of thiazole rings is 1. The molecule has 0 aliphatic carbocycles. The number of nitrogens with zero attached hydrogens (tertiary/aromatic N) is 4. The standard InChI is InChI=1S/C18H19N5OS/c24-17-10-16(22-8-6-19-7-9-22)11-20-23(17)12-15-13-25-18(21-15)14-4-2-1-3-5-14/h1-5,10-11,13,19H,6-9,12H2. The molecule has 1 saturated heterocycles. The number of anilines is 1. The van der Waals surface area contributed by atoms with Gasteiger partial charge >= 0.3 is 0 Å². The number of nitrogens with one attached hydrogen (secondary N) is 1. The Morgan fingerprint density at radius 3 is 2.72 bits per heavy atom. The second-order valence-electron chi connectivity index (χ2n) is 5.96. The van der Waals surface area contributed by atoms with Crippen molar-refractivity contribution in [1.29, 1.82) is 0 Å². The Bertz CT molecular complexity index is 899. The zero-order valence-corrected chi connectivity index (χ0v) is 14.6. The Morgan fingerprint density at radius 2 is 1.96 bits per heavy atom. The van der Waals surface area contributed by atoms with Gasteiger partial charge in [-0.3, -0.25) is 4.79 Å². The molecule has 0 unspecified atom stereocenters. The highest BCUT2D eigenvalue weighted by molar-refractivity contribution is 7.13. The Kier molecular flexibility index (Phi) is 4.58. The van der Waals surface area contributed by atoms with E-state index in [1.165, 1.54) is 4.68 Å². The lowest BCUT2D eigenvalue weighted by Crippen LogP contribution is -2.44. The fourth-order valence-electron chi connectivity index (χ4n) is 2.89. The molecule has 0 amide bonds. The quantitative estimate of drug-likeness (QED) is 0.775. The molecule has 3 aromatic rings. The van der Waals surface area contributed by atoms with Crippen molar-refractivity contribution in [1.82, 2.24) is 20.1 Å². The molecule has 0 spiro atoms. The summed E-state index contributed by atoms with van der Waals surface area (Å²) in [6.07, 6.45) is 1.77. The largest absolute Gasteiger partial charge is 0.368 e. The van der Waals surface area contributed by atoms with Crippen LogP contribution in [0.3, 0.4) is 0 Å². The average Bonchev–Trinajstić information content (AvgIpc) is 3.13. The van der Waals surface area contributed by atoms with Gasteiger partial charge in [0.25, 0.3) is 5.56 Å². The predicted octanol–water partition coefficient (Wildman–Crippen LogP) is 1.82. The van der Waals surface area contributed by atoms with Gasteiger partial charge in [-0.15, -0.1) is 11.3 Å². The van der Waals surface area contributed by atoms with E-state index in [1.54, 1.807) is 23.6 Å². The van der Waals surface area contributed by atoms with Crippen molar-refractivity contribution < 1.29 is 0 Å². The van der Waals surface area contributed by atoms with Crippen LogP contribution in [-0.2, 0) is 6.54 Å². The fourth-order valence-corrected chi connectivity index (χ4v) is 3.70. The lowest BCUT2D eigenvalue weighted by Gasteiger charge is -2.28. The van der Waals surface area contributed by atoms with Crippen molar-refractivity contribution in [2.24, 2.45) is 0 Å². The van der Waals surface area contributed by atoms with E-state index in [9.17, 15) is 4.79 Å². The number of rotatable bonds is 4. The third kappa shape index (κ3) is 3.62. The van der Waals surface area contributed by atoms with Crippen molar-refractivity contribution in [2.45, 2.75) is 6.54 Å². The topological polar surface area (TPSA) is 63.1 Å². The summed E-state index contributed by atoms with van der Waals surface area (Å²) in [6, 6.07) is 11.7. The minimum atomic E-state index is -0.0923. The van der Waals surface area contributed by atoms with E-state index >= 15 is 0 Å². The van der Waals surface area contributed by atoms with Crippen molar-refractivity contribution in [3.8, 4) is 10.6 Å². The lowest BCUT2D eigenvalue weighted by atomic mass is 10.2. The summed E-state index contributed by atoms with van der Waals surface area (Å²) in [7, 11) is 0. The first-order valence-electron chi connectivity index (χ1n) is 8.32. The molecular weight excluding hydrogens is 334 g/mol. The molecule has 25 heavy (non-hydrogen) atoms. The maximum atomic E-state index is 12.4. The zero-order valence-electron chi connectivity index (χ0n) is 13.8. The third-order valence-corrected chi connectivity index (χ3v) is 5.16. The first kappa shape index (κ1) is 16.0. The van der Waals surface area contributed by atoms with Gasteiger partial charge in [-0.1, -0.05) is 30.3 Å². The summed E-state index contributed by atoms with van der Waals surface area (Å²) >= 11 is 1.58. The average molecular weight is 353 g/mol. The van der Waals surface area contributed by atoms with Gasteiger partial charge < -0.3 is 10.2 Å². The number of aromatic nitrogens is 3. The van der Waals surface area contributed by atoms with Crippen molar-refractivity contribution in [3.63, 3.8) is 0 Å². The highest BCUT2D eigenvalue weighted by atomic mass is 32.1. The molecule has 3 heterocycles. The minimum Gasteiger partial charge on any atom is -0.368 e. The van der Waals surface area contributed by atoms with Crippen LogP contribution in [0, 0.1) is 0 Å². The monoisotopic (exact) mass is 353 g/mol. The normalized spacial score (nSPS) is 14.6. The summed E-state index contributed by atoms with van der Waals surface area (Å²) in [5.41, 5.74) is 2.75. The molecule has 1 aliphatic rings. The summed E-state index contributed by atoms with van der Waals surface area (Å²) in [5, 5.41) is 10.6. The first-order chi connectivity index (χ1) is 12.3. The second kappa shape index (κ2) is 7.16.